The lowest BCUT2D eigenvalue weighted by Crippen LogP contribution is -2.25. The smallest absolute Gasteiger partial charge is 0.227 e. The first-order valence-electron chi connectivity index (χ1n) is 7.07. The van der Waals surface area contributed by atoms with Gasteiger partial charge in [0.15, 0.2) is 0 Å². The Kier molecular flexibility index (Phi) is 4.93. The lowest BCUT2D eigenvalue weighted by molar-refractivity contribution is 0.819. The van der Waals surface area contributed by atoms with Crippen LogP contribution in [0.1, 0.15) is 19.4 Å². The summed E-state index contributed by atoms with van der Waals surface area (Å²) in [6.45, 7) is 6.99. The van der Waals surface area contributed by atoms with Gasteiger partial charge < -0.3 is 9.80 Å². The molecule has 0 bridgehead atoms. The van der Waals surface area contributed by atoms with E-state index in [0.29, 0.717) is 0 Å². The van der Waals surface area contributed by atoms with Crippen molar-refractivity contribution in [3.05, 3.63) is 48.2 Å². The monoisotopic (exact) mass is 270 g/mol. The van der Waals surface area contributed by atoms with Crippen LogP contribution in [0.25, 0.3) is 0 Å². The molecule has 1 heterocycles. The Morgan fingerprint density at radius 3 is 2.35 bits per heavy atom. The topological polar surface area (TPSA) is 32.3 Å². The van der Waals surface area contributed by atoms with E-state index in [1.807, 2.05) is 25.4 Å². The zero-order valence-corrected chi connectivity index (χ0v) is 12.5. The number of aromatic nitrogens is 2. The Balaban J connectivity index is 2.14. The number of hydrogen-bond acceptors (Lipinski definition) is 4. The van der Waals surface area contributed by atoms with Crippen molar-refractivity contribution in [2.75, 3.05) is 29.9 Å². The molecule has 20 heavy (non-hydrogen) atoms. The van der Waals surface area contributed by atoms with Gasteiger partial charge in [-0.25, -0.2) is 4.98 Å². The molecule has 2 rings (SSSR count). The fourth-order valence-corrected chi connectivity index (χ4v) is 2.17. The molecule has 0 atom stereocenters. The summed E-state index contributed by atoms with van der Waals surface area (Å²) in [5.74, 6) is 1.75. The maximum absolute atomic E-state index is 4.65. The lowest BCUT2D eigenvalue weighted by atomic mass is 10.2. The van der Waals surface area contributed by atoms with Gasteiger partial charge in [0.2, 0.25) is 5.95 Å². The van der Waals surface area contributed by atoms with Crippen LogP contribution < -0.4 is 9.80 Å². The predicted octanol–water partition coefficient (Wildman–Crippen LogP) is 2.96. The molecular weight excluding hydrogens is 248 g/mol. The highest BCUT2D eigenvalue weighted by Crippen LogP contribution is 2.15. The van der Waals surface area contributed by atoms with Crippen LogP contribution in [-0.2, 0) is 6.54 Å². The highest BCUT2D eigenvalue weighted by molar-refractivity contribution is 5.43. The second kappa shape index (κ2) is 6.89. The Morgan fingerprint density at radius 2 is 1.70 bits per heavy atom. The number of hydrogen-bond donors (Lipinski definition) is 0. The molecule has 1 aromatic heterocycles. The van der Waals surface area contributed by atoms with Gasteiger partial charge in [0, 0.05) is 32.9 Å². The third-order valence-electron chi connectivity index (χ3n) is 3.32. The second-order valence-corrected chi connectivity index (χ2v) is 4.73. The molecule has 0 spiro atoms. The largest absolute Gasteiger partial charge is 0.357 e. The van der Waals surface area contributed by atoms with Crippen molar-refractivity contribution < 1.29 is 0 Å². The lowest BCUT2D eigenvalue weighted by Gasteiger charge is -2.22. The van der Waals surface area contributed by atoms with Gasteiger partial charge in [-0.15, -0.1) is 0 Å². The van der Waals surface area contributed by atoms with Gasteiger partial charge >= 0.3 is 0 Å². The van der Waals surface area contributed by atoms with E-state index >= 15 is 0 Å². The number of nitrogens with zero attached hydrogens (tertiary/aromatic N) is 4. The summed E-state index contributed by atoms with van der Waals surface area (Å²) >= 11 is 0. The Hall–Kier alpha value is -2.10. The van der Waals surface area contributed by atoms with E-state index in [2.05, 4.69) is 57.9 Å². The number of rotatable bonds is 6. The van der Waals surface area contributed by atoms with Gasteiger partial charge in [0.25, 0.3) is 0 Å². The third kappa shape index (κ3) is 3.47. The predicted molar refractivity (Wildman–Crippen MR) is 84.1 cm³/mol. The molecule has 0 aliphatic heterocycles. The molecule has 0 N–H and O–H groups in total. The highest BCUT2D eigenvalue weighted by Gasteiger charge is 2.09. The minimum atomic E-state index is 0.762. The molecule has 4 heteroatoms. The highest BCUT2D eigenvalue weighted by atomic mass is 15.3. The van der Waals surface area contributed by atoms with Crippen molar-refractivity contribution in [1.29, 1.82) is 0 Å². The van der Waals surface area contributed by atoms with Crippen LogP contribution in [0.3, 0.4) is 0 Å². The average molecular weight is 270 g/mol. The van der Waals surface area contributed by atoms with Crippen LogP contribution in [0.4, 0.5) is 11.8 Å². The maximum Gasteiger partial charge on any atom is 0.227 e. The van der Waals surface area contributed by atoms with Crippen LogP contribution in [0.15, 0.2) is 42.6 Å². The molecule has 0 radical (unpaired) electrons. The molecule has 0 amide bonds. The van der Waals surface area contributed by atoms with Crippen molar-refractivity contribution in [3.63, 3.8) is 0 Å². The fraction of sp³-hybridized carbons (Fsp3) is 0.375. The first-order valence-corrected chi connectivity index (χ1v) is 7.07. The van der Waals surface area contributed by atoms with Crippen LogP contribution >= 0.6 is 0 Å². The van der Waals surface area contributed by atoms with Crippen molar-refractivity contribution in [2.45, 2.75) is 20.4 Å². The summed E-state index contributed by atoms with van der Waals surface area (Å²) in [5, 5.41) is 0. The quantitative estimate of drug-likeness (QED) is 0.808. The van der Waals surface area contributed by atoms with Crippen LogP contribution in [0, 0.1) is 0 Å². The molecule has 106 valence electrons. The summed E-state index contributed by atoms with van der Waals surface area (Å²) in [6, 6.07) is 12.3. The van der Waals surface area contributed by atoms with Gasteiger partial charge in [-0.1, -0.05) is 30.3 Å². The van der Waals surface area contributed by atoms with E-state index in [-0.39, 0.29) is 0 Å². The standard InChI is InChI=1S/C16H22N4/c1-4-20(5-2)15-11-12-17-16(18-15)19(3)13-14-9-7-6-8-10-14/h6-12H,4-5,13H2,1-3H3. The van der Waals surface area contributed by atoms with Crippen molar-refractivity contribution in [3.8, 4) is 0 Å². The van der Waals surface area contributed by atoms with Gasteiger partial charge in [-0.3, -0.25) is 0 Å². The van der Waals surface area contributed by atoms with Crippen LogP contribution in [0.5, 0.6) is 0 Å². The molecule has 0 fully saturated rings. The van der Waals surface area contributed by atoms with E-state index in [9.17, 15) is 0 Å². The summed E-state index contributed by atoms with van der Waals surface area (Å²) in [5.41, 5.74) is 1.26. The van der Waals surface area contributed by atoms with E-state index < -0.39 is 0 Å². The van der Waals surface area contributed by atoms with Crippen LogP contribution in [0.2, 0.25) is 0 Å². The SMILES string of the molecule is CCN(CC)c1ccnc(N(C)Cc2ccccc2)n1. The minimum Gasteiger partial charge on any atom is -0.357 e. The summed E-state index contributed by atoms with van der Waals surface area (Å²) in [6.07, 6.45) is 1.83. The van der Waals surface area contributed by atoms with Gasteiger partial charge in [0.1, 0.15) is 5.82 Å². The summed E-state index contributed by atoms with van der Waals surface area (Å²) < 4.78 is 0. The first-order chi connectivity index (χ1) is 9.74. The Labute approximate surface area is 121 Å². The molecule has 1 aromatic carbocycles. The number of anilines is 2. The van der Waals surface area contributed by atoms with E-state index in [1.54, 1.807) is 0 Å². The summed E-state index contributed by atoms with van der Waals surface area (Å²) in [7, 11) is 2.02. The normalized spacial score (nSPS) is 10.3. The van der Waals surface area contributed by atoms with Crippen molar-refractivity contribution in [1.82, 2.24) is 9.97 Å². The molecule has 0 aliphatic rings. The van der Waals surface area contributed by atoms with Gasteiger partial charge in [0.05, 0.1) is 0 Å². The zero-order chi connectivity index (χ0) is 14.4. The first kappa shape index (κ1) is 14.3. The van der Waals surface area contributed by atoms with E-state index in [0.717, 1.165) is 31.4 Å². The average Bonchev–Trinajstić information content (AvgIpc) is 2.50. The van der Waals surface area contributed by atoms with Gasteiger partial charge in [-0.05, 0) is 25.5 Å². The molecular formula is C16H22N4. The maximum atomic E-state index is 4.65. The molecule has 4 nitrogen and oxygen atoms in total. The molecule has 0 saturated heterocycles. The fourth-order valence-electron chi connectivity index (χ4n) is 2.17. The van der Waals surface area contributed by atoms with Crippen LogP contribution in [-0.4, -0.2) is 30.1 Å². The molecule has 0 unspecified atom stereocenters. The third-order valence-corrected chi connectivity index (χ3v) is 3.32. The molecule has 0 aliphatic carbocycles. The Morgan fingerprint density at radius 1 is 1.00 bits per heavy atom. The minimum absolute atomic E-state index is 0.762. The van der Waals surface area contributed by atoms with E-state index in [1.165, 1.54) is 5.56 Å². The van der Waals surface area contributed by atoms with Crippen molar-refractivity contribution in [2.24, 2.45) is 0 Å². The second-order valence-electron chi connectivity index (χ2n) is 4.73. The molecule has 2 aromatic rings. The number of benzene rings is 1. The van der Waals surface area contributed by atoms with Gasteiger partial charge in [-0.2, -0.15) is 4.98 Å². The Bertz CT molecular complexity index is 523. The summed E-state index contributed by atoms with van der Waals surface area (Å²) in [4.78, 5) is 13.3. The molecule has 0 saturated carbocycles. The van der Waals surface area contributed by atoms with Crippen molar-refractivity contribution >= 4 is 11.8 Å². The zero-order valence-electron chi connectivity index (χ0n) is 12.5. The van der Waals surface area contributed by atoms with E-state index in [4.69, 9.17) is 0 Å².